The molecule has 0 spiro atoms. The molecule has 2 nitrogen and oxygen atoms in total. The maximum atomic E-state index is 5.94. The summed E-state index contributed by atoms with van der Waals surface area (Å²) >= 11 is 7.64. The number of nitrogens with zero attached hydrogens (tertiary/aromatic N) is 1. The molecule has 0 radical (unpaired) electrons. The molecule has 0 aliphatic carbocycles. The van der Waals surface area contributed by atoms with Crippen LogP contribution >= 0.6 is 22.9 Å². The third-order valence-corrected chi connectivity index (χ3v) is 4.20. The Kier molecular flexibility index (Phi) is 4.65. The van der Waals surface area contributed by atoms with Gasteiger partial charge in [0.1, 0.15) is 0 Å². The van der Waals surface area contributed by atoms with Crippen LogP contribution < -0.4 is 5.32 Å². The van der Waals surface area contributed by atoms with Crippen LogP contribution in [0.5, 0.6) is 0 Å². The van der Waals surface area contributed by atoms with Crippen molar-refractivity contribution in [2.75, 3.05) is 19.6 Å². The Morgan fingerprint density at radius 2 is 2.44 bits per heavy atom. The average molecular weight is 259 g/mol. The molecule has 0 bridgehead atoms. The van der Waals surface area contributed by atoms with Crippen LogP contribution in [0.2, 0.25) is 4.34 Å². The van der Waals surface area contributed by atoms with Crippen LogP contribution in [0.15, 0.2) is 12.1 Å². The minimum Gasteiger partial charge on any atom is -0.311 e. The van der Waals surface area contributed by atoms with Gasteiger partial charge in [-0.1, -0.05) is 24.9 Å². The van der Waals surface area contributed by atoms with Crippen molar-refractivity contribution in [2.24, 2.45) is 0 Å². The van der Waals surface area contributed by atoms with Crippen LogP contribution in [-0.2, 0) is 6.54 Å². The molecule has 1 unspecified atom stereocenters. The summed E-state index contributed by atoms with van der Waals surface area (Å²) in [6, 6.07) is 4.81. The van der Waals surface area contributed by atoms with E-state index in [9.17, 15) is 0 Å². The van der Waals surface area contributed by atoms with E-state index in [1.54, 1.807) is 11.3 Å². The Hall–Kier alpha value is -0.0900. The first-order chi connectivity index (χ1) is 7.78. The van der Waals surface area contributed by atoms with E-state index in [-0.39, 0.29) is 0 Å². The highest BCUT2D eigenvalue weighted by Gasteiger charge is 2.18. The highest BCUT2D eigenvalue weighted by Crippen LogP contribution is 2.23. The minimum atomic E-state index is 0.675. The zero-order chi connectivity index (χ0) is 11.4. The summed E-state index contributed by atoms with van der Waals surface area (Å²) in [4.78, 5) is 3.90. The molecule has 1 N–H and O–H groups in total. The number of rotatable bonds is 4. The van der Waals surface area contributed by atoms with Gasteiger partial charge in [-0.2, -0.15) is 0 Å². The lowest BCUT2D eigenvalue weighted by Gasteiger charge is -2.33. The predicted octanol–water partition coefficient (Wildman–Crippen LogP) is 2.98. The molecule has 16 heavy (non-hydrogen) atoms. The van der Waals surface area contributed by atoms with Gasteiger partial charge in [0, 0.05) is 37.1 Å². The summed E-state index contributed by atoms with van der Waals surface area (Å²) in [7, 11) is 0. The van der Waals surface area contributed by atoms with E-state index in [1.807, 2.05) is 6.07 Å². The number of hydrogen-bond acceptors (Lipinski definition) is 3. The number of nitrogens with one attached hydrogen (secondary N) is 1. The number of thiophene rings is 1. The molecule has 1 aromatic rings. The zero-order valence-corrected chi connectivity index (χ0v) is 11.3. The second-order valence-electron chi connectivity index (χ2n) is 4.38. The smallest absolute Gasteiger partial charge is 0.0931 e. The molecule has 1 saturated heterocycles. The molecule has 1 aliphatic rings. The monoisotopic (exact) mass is 258 g/mol. The first-order valence-electron chi connectivity index (χ1n) is 5.98. The van der Waals surface area contributed by atoms with E-state index >= 15 is 0 Å². The maximum absolute atomic E-state index is 5.94. The largest absolute Gasteiger partial charge is 0.311 e. The molecule has 1 aliphatic heterocycles. The van der Waals surface area contributed by atoms with E-state index < -0.39 is 0 Å². The van der Waals surface area contributed by atoms with Crippen molar-refractivity contribution in [3.05, 3.63) is 21.3 Å². The van der Waals surface area contributed by atoms with Crippen LogP contribution in [0.25, 0.3) is 0 Å². The SMILES string of the molecule is CCCC1CN(Cc2ccc(Cl)s2)CCN1. The molecule has 0 aromatic carbocycles. The van der Waals surface area contributed by atoms with Crippen LogP contribution in [-0.4, -0.2) is 30.6 Å². The first-order valence-corrected chi connectivity index (χ1v) is 7.17. The third-order valence-electron chi connectivity index (χ3n) is 2.99. The fourth-order valence-corrected chi connectivity index (χ4v) is 3.37. The molecule has 1 atom stereocenters. The summed E-state index contributed by atoms with van der Waals surface area (Å²) in [5.74, 6) is 0. The average Bonchev–Trinajstić information content (AvgIpc) is 2.65. The Balaban J connectivity index is 1.85. The quantitative estimate of drug-likeness (QED) is 0.893. The molecule has 2 heterocycles. The summed E-state index contributed by atoms with van der Waals surface area (Å²) in [5.41, 5.74) is 0. The van der Waals surface area contributed by atoms with Gasteiger partial charge in [0.2, 0.25) is 0 Å². The van der Waals surface area contributed by atoms with Crippen molar-refractivity contribution >= 4 is 22.9 Å². The summed E-state index contributed by atoms with van der Waals surface area (Å²) < 4.78 is 0.898. The molecular weight excluding hydrogens is 240 g/mol. The van der Waals surface area contributed by atoms with E-state index in [1.165, 1.54) is 24.3 Å². The van der Waals surface area contributed by atoms with Gasteiger partial charge in [-0.3, -0.25) is 4.90 Å². The molecule has 1 fully saturated rings. The Labute approximate surface area is 107 Å². The van der Waals surface area contributed by atoms with Crippen molar-refractivity contribution in [3.63, 3.8) is 0 Å². The molecule has 0 amide bonds. The predicted molar refractivity (Wildman–Crippen MR) is 71.3 cm³/mol. The lowest BCUT2D eigenvalue weighted by atomic mass is 10.1. The van der Waals surface area contributed by atoms with Gasteiger partial charge in [-0.25, -0.2) is 0 Å². The normalized spacial score (nSPS) is 22.5. The van der Waals surface area contributed by atoms with Gasteiger partial charge in [0.05, 0.1) is 4.34 Å². The number of hydrogen-bond donors (Lipinski definition) is 1. The van der Waals surface area contributed by atoms with Crippen LogP contribution in [0.3, 0.4) is 0 Å². The fourth-order valence-electron chi connectivity index (χ4n) is 2.24. The fraction of sp³-hybridized carbons (Fsp3) is 0.667. The van der Waals surface area contributed by atoms with Crippen LogP contribution in [0.1, 0.15) is 24.6 Å². The Morgan fingerprint density at radius 3 is 3.12 bits per heavy atom. The van der Waals surface area contributed by atoms with Crippen molar-refractivity contribution < 1.29 is 0 Å². The second-order valence-corrected chi connectivity index (χ2v) is 6.18. The minimum absolute atomic E-state index is 0.675. The van der Waals surface area contributed by atoms with Gasteiger partial charge in [-0.05, 0) is 18.6 Å². The zero-order valence-electron chi connectivity index (χ0n) is 9.71. The molecule has 90 valence electrons. The van der Waals surface area contributed by atoms with Gasteiger partial charge < -0.3 is 5.32 Å². The van der Waals surface area contributed by atoms with Crippen molar-refractivity contribution in [1.82, 2.24) is 10.2 Å². The van der Waals surface area contributed by atoms with Gasteiger partial charge in [-0.15, -0.1) is 11.3 Å². The van der Waals surface area contributed by atoms with Crippen LogP contribution in [0.4, 0.5) is 0 Å². The molecule has 1 aromatic heterocycles. The molecular formula is C12H19ClN2S. The van der Waals surface area contributed by atoms with E-state index in [4.69, 9.17) is 11.6 Å². The van der Waals surface area contributed by atoms with E-state index in [0.717, 1.165) is 24.0 Å². The van der Waals surface area contributed by atoms with Crippen molar-refractivity contribution in [3.8, 4) is 0 Å². The molecule has 2 rings (SSSR count). The Bertz CT molecular complexity index is 325. The summed E-state index contributed by atoms with van der Waals surface area (Å²) in [6.07, 6.45) is 2.54. The highest BCUT2D eigenvalue weighted by atomic mass is 35.5. The lowest BCUT2D eigenvalue weighted by molar-refractivity contribution is 0.188. The standard InChI is InChI=1S/C12H19ClN2S/c1-2-3-10-8-15(7-6-14-10)9-11-4-5-12(13)16-11/h4-5,10,14H,2-3,6-9H2,1H3. The highest BCUT2D eigenvalue weighted by molar-refractivity contribution is 7.16. The number of piperazine rings is 1. The maximum Gasteiger partial charge on any atom is 0.0931 e. The van der Waals surface area contributed by atoms with Crippen LogP contribution in [0, 0.1) is 0 Å². The van der Waals surface area contributed by atoms with Crippen molar-refractivity contribution in [2.45, 2.75) is 32.4 Å². The third kappa shape index (κ3) is 3.45. The van der Waals surface area contributed by atoms with Gasteiger partial charge in [0.15, 0.2) is 0 Å². The topological polar surface area (TPSA) is 15.3 Å². The van der Waals surface area contributed by atoms with Gasteiger partial charge in [0.25, 0.3) is 0 Å². The summed E-state index contributed by atoms with van der Waals surface area (Å²) in [6.45, 7) is 6.74. The Morgan fingerprint density at radius 1 is 1.56 bits per heavy atom. The first kappa shape index (κ1) is 12.4. The molecule has 4 heteroatoms. The summed E-state index contributed by atoms with van der Waals surface area (Å²) in [5, 5.41) is 3.58. The second kappa shape index (κ2) is 6.01. The van der Waals surface area contributed by atoms with Gasteiger partial charge >= 0.3 is 0 Å². The lowest BCUT2D eigenvalue weighted by Crippen LogP contribution is -2.49. The number of halogens is 1. The molecule has 0 saturated carbocycles. The van der Waals surface area contributed by atoms with Crippen molar-refractivity contribution in [1.29, 1.82) is 0 Å². The van der Waals surface area contributed by atoms with E-state index in [2.05, 4.69) is 23.2 Å². The van der Waals surface area contributed by atoms with E-state index in [0.29, 0.717) is 6.04 Å².